The van der Waals surface area contributed by atoms with E-state index in [1.165, 1.54) is 6.07 Å². The van der Waals surface area contributed by atoms with Crippen LogP contribution < -0.4 is 5.32 Å². The van der Waals surface area contributed by atoms with Gasteiger partial charge in [-0.2, -0.15) is 5.26 Å². The van der Waals surface area contributed by atoms with Crippen LogP contribution in [0.3, 0.4) is 0 Å². The first-order valence-electron chi connectivity index (χ1n) is 6.24. The highest BCUT2D eigenvalue weighted by Crippen LogP contribution is 2.20. The standard InChI is InChI=1S/C16H8ClF3N2O/c17-13-7-12(2-4-15(13)20)22-16(23)10(8-21)5-9-6-11(18)1-3-14(9)19/h1-7H,(H,22,23)/b10-5+. The molecular weight excluding hydrogens is 329 g/mol. The van der Waals surface area contributed by atoms with Crippen LogP contribution in [0.25, 0.3) is 6.08 Å². The molecule has 0 spiro atoms. The van der Waals surface area contributed by atoms with Crippen molar-refractivity contribution in [2.75, 3.05) is 5.32 Å². The number of anilines is 1. The number of amides is 1. The normalized spacial score (nSPS) is 11.0. The fraction of sp³-hybridized carbons (Fsp3) is 0. The Bertz CT molecular complexity index is 844. The van der Waals surface area contributed by atoms with Crippen molar-refractivity contribution < 1.29 is 18.0 Å². The molecule has 0 saturated carbocycles. The molecule has 23 heavy (non-hydrogen) atoms. The Balaban J connectivity index is 2.28. The van der Waals surface area contributed by atoms with E-state index in [9.17, 15) is 18.0 Å². The maximum absolute atomic E-state index is 13.5. The van der Waals surface area contributed by atoms with Crippen LogP contribution in [0.15, 0.2) is 42.0 Å². The smallest absolute Gasteiger partial charge is 0.266 e. The minimum atomic E-state index is -0.862. The van der Waals surface area contributed by atoms with E-state index in [0.29, 0.717) is 0 Å². The first-order valence-corrected chi connectivity index (χ1v) is 6.62. The Morgan fingerprint density at radius 2 is 1.83 bits per heavy atom. The summed E-state index contributed by atoms with van der Waals surface area (Å²) in [6.45, 7) is 0. The summed E-state index contributed by atoms with van der Waals surface area (Å²) in [6, 6.07) is 7.70. The van der Waals surface area contributed by atoms with Crippen LogP contribution in [0.2, 0.25) is 5.02 Å². The number of nitriles is 1. The highest BCUT2D eigenvalue weighted by molar-refractivity contribution is 6.31. The summed E-state index contributed by atoms with van der Waals surface area (Å²) in [6.07, 6.45) is 0.916. The summed E-state index contributed by atoms with van der Waals surface area (Å²) >= 11 is 5.58. The van der Waals surface area contributed by atoms with Crippen LogP contribution in [-0.2, 0) is 4.79 Å². The molecule has 1 N–H and O–H groups in total. The SMILES string of the molecule is N#C/C(=C\c1cc(F)ccc1F)C(=O)Nc1ccc(F)c(Cl)c1. The largest absolute Gasteiger partial charge is 0.321 e. The zero-order valence-electron chi connectivity index (χ0n) is 11.4. The number of carbonyl (C=O) groups excluding carboxylic acids is 1. The zero-order valence-corrected chi connectivity index (χ0v) is 12.2. The topological polar surface area (TPSA) is 52.9 Å². The molecule has 2 rings (SSSR count). The minimum Gasteiger partial charge on any atom is -0.321 e. The van der Waals surface area contributed by atoms with Gasteiger partial charge in [-0.05, 0) is 42.5 Å². The van der Waals surface area contributed by atoms with Crippen LogP contribution in [0.4, 0.5) is 18.9 Å². The quantitative estimate of drug-likeness (QED) is 0.671. The van der Waals surface area contributed by atoms with Gasteiger partial charge in [0.15, 0.2) is 0 Å². The van der Waals surface area contributed by atoms with E-state index in [1.807, 2.05) is 0 Å². The van der Waals surface area contributed by atoms with Crippen molar-refractivity contribution in [1.29, 1.82) is 5.26 Å². The van der Waals surface area contributed by atoms with E-state index >= 15 is 0 Å². The lowest BCUT2D eigenvalue weighted by atomic mass is 10.1. The van der Waals surface area contributed by atoms with Gasteiger partial charge in [0.05, 0.1) is 5.02 Å². The van der Waals surface area contributed by atoms with Crippen molar-refractivity contribution in [1.82, 2.24) is 0 Å². The second-order valence-electron chi connectivity index (χ2n) is 4.42. The number of nitrogens with one attached hydrogen (secondary N) is 1. The van der Waals surface area contributed by atoms with Crippen LogP contribution in [0, 0.1) is 28.8 Å². The summed E-state index contributed by atoms with van der Waals surface area (Å²) in [5.41, 5.74) is -0.536. The van der Waals surface area contributed by atoms with Gasteiger partial charge in [0.1, 0.15) is 29.1 Å². The van der Waals surface area contributed by atoms with E-state index in [2.05, 4.69) is 5.32 Å². The van der Waals surface area contributed by atoms with Crippen LogP contribution in [0.5, 0.6) is 0 Å². The molecule has 0 aliphatic rings. The van der Waals surface area contributed by atoms with E-state index in [4.69, 9.17) is 16.9 Å². The first-order chi connectivity index (χ1) is 10.9. The van der Waals surface area contributed by atoms with Gasteiger partial charge in [-0.15, -0.1) is 0 Å². The molecule has 0 heterocycles. The fourth-order valence-electron chi connectivity index (χ4n) is 1.70. The van der Waals surface area contributed by atoms with Crippen LogP contribution in [0.1, 0.15) is 5.56 Å². The van der Waals surface area contributed by atoms with Crippen molar-refractivity contribution in [3.8, 4) is 6.07 Å². The molecule has 3 nitrogen and oxygen atoms in total. The lowest BCUT2D eigenvalue weighted by Crippen LogP contribution is -2.13. The number of halogens is 4. The van der Waals surface area contributed by atoms with Gasteiger partial charge in [0.2, 0.25) is 0 Å². The van der Waals surface area contributed by atoms with Crippen LogP contribution in [-0.4, -0.2) is 5.91 Å². The first kappa shape index (κ1) is 16.6. The molecule has 7 heteroatoms. The number of nitrogens with zero attached hydrogens (tertiary/aromatic N) is 1. The summed E-state index contributed by atoms with van der Waals surface area (Å²) in [4.78, 5) is 12.0. The maximum Gasteiger partial charge on any atom is 0.266 e. The van der Waals surface area contributed by atoms with Crippen molar-refractivity contribution in [2.45, 2.75) is 0 Å². The average Bonchev–Trinajstić information content (AvgIpc) is 2.51. The molecule has 2 aromatic rings. The molecule has 0 fully saturated rings. The van der Waals surface area contributed by atoms with Gasteiger partial charge in [0.25, 0.3) is 5.91 Å². The van der Waals surface area contributed by atoms with Gasteiger partial charge < -0.3 is 5.32 Å². The Kier molecular flexibility index (Phi) is 5.04. The zero-order chi connectivity index (χ0) is 17.0. The molecule has 1 amide bonds. The Labute approximate surface area is 134 Å². The summed E-state index contributed by atoms with van der Waals surface area (Å²) in [5.74, 6) is -3.01. The third-order valence-electron chi connectivity index (χ3n) is 2.80. The molecular formula is C16H8ClF3N2O. The van der Waals surface area contributed by atoms with E-state index in [1.54, 1.807) is 6.07 Å². The minimum absolute atomic E-state index is 0.155. The molecule has 0 atom stereocenters. The maximum atomic E-state index is 13.5. The second kappa shape index (κ2) is 6.99. The molecule has 0 bridgehead atoms. The summed E-state index contributed by atoms with van der Waals surface area (Å²) < 4.78 is 39.7. The van der Waals surface area contributed by atoms with Crippen molar-refractivity contribution >= 4 is 29.3 Å². The Morgan fingerprint density at radius 1 is 1.13 bits per heavy atom. The molecule has 0 aliphatic carbocycles. The molecule has 0 unspecified atom stereocenters. The lowest BCUT2D eigenvalue weighted by molar-refractivity contribution is -0.112. The van der Waals surface area contributed by atoms with Gasteiger partial charge in [-0.25, -0.2) is 13.2 Å². The van der Waals surface area contributed by atoms with Gasteiger partial charge in [0, 0.05) is 11.3 Å². The fourth-order valence-corrected chi connectivity index (χ4v) is 1.88. The van der Waals surface area contributed by atoms with Crippen molar-refractivity contribution in [3.63, 3.8) is 0 Å². The number of hydrogen-bond acceptors (Lipinski definition) is 2. The van der Waals surface area contributed by atoms with E-state index < -0.39 is 28.9 Å². The molecule has 2 aromatic carbocycles. The van der Waals surface area contributed by atoms with Crippen molar-refractivity contribution in [3.05, 3.63) is 70.0 Å². The van der Waals surface area contributed by atoms with Crippen molar-refractivity contribution in [2.24, 2.45) is 0 Å². The average molecular weight is 337 g/mol. The number of benzene rings is 2. The second-order valence-corrected chi connectivity index (χ2v) is 4.83. The molecule has 0 aliphatic heterocycles. The van der Waals surface area contributed by atoms with E-state index in [-0.39, 0.29) is 16.3 Å². The number of hydrogen-bond donors (Lipinski definition) is 1. The Morgan fingerprint density at radius 3 is 2.48 bits per heavy atom. The summed E-state index contributed by atoms with van der Waals surface area (Å²) in [7, 11) is 0. The molecule has 0 aromatic heterocycles. The van der Waals surface area contributed by atoms with E-state index in [0.717, 1.165) is 36.4 Å². The molecule has 116 valence electrons. The third-order valence-corrected chi connectivity index (χ3v) is 3.09. The van der Waals surface area contributed by atoms with Crippen LogP contribution >= 0.6 is 11.6 Å². The monoisotopic (exact) mass is 336 g/mol. The molecule has 0 saturated heterocycles. The number of carbonyl (C=O) groups is 1. The van der Waals surface area contributed by atoms with Gasteiger partial charge in [-0.1, -0.05) is 11.6 Å². The van der Waals surface area contributed by atoms with Gasteiger partial charge in [-0.3, -0.25) is 4.79 Å². The predicted octanol–water partition coefficient (Wildman–Crippen LogP) is 4.30. The highest BCUT2D eigenvalue weighted by atomic mass is 35.5. The third kappa shape index (κ3) is 4.11. The lowest BCUT2D eigenvalue weighted by Gasteiger charge is -2.05. The summed E-state index contributed by atoms with van der Waals surface area (Å²) in [5, 5.41) is 11.1. The van der Waals surface area contributed by atoms with Gasteiger partial charge >= 0.3 is 0 Å². The number of rotatable bonds is 3. The highest BCUT2D eigenvalue weighted by Gasteiger charge is 2.12. The Hall–Kier alpha value is -2.78. The predicted molar refractivity (Wildman–Crippen MR) is 80.0 cm³/mol. The molecule has 0 radical (unpaired) electrons.